The number of nitrogens with one attached hydrogen (secondary N) is 1. The highest BCUT2D eigenvalue weighted by atomic mass is 16.6. The molecule has 0 aromatic carbocycles. The minimum Gasteiger partial charge on any atom is -0.460 e. The van der Waals surface area contributed by atoms with Gasteiger partial charge in [-0.05, 0) is 58.8 Å². The molecule has 10 nitrogen and oxygen atoms in total. The molecule has 1 unspecified atom stereocenters. The second kappa shape index (κ2) is 15.0. The quantitative estimate of drug-likeness (QED) is 0.146. The standard InChI is InChI=1S/C31H49N3O7/c1-6-9-14-24(36)32-20-22(5)40-30(39)25-23-15-16-31(41-23)26(25)28(37)34(18-11-10-12-19-35)27(31)29(38)33(17-8-3)21(4)13-7-2/h6,8,21-23,25-27,35H,1,3,7,9-20H2,2,4-5H3,(H,32,36)/t21?,22-,23-,25+,26+,27-,31+/m1/s1. The number of unbranched alkanes of at least 4 members (excludes halogenated alkanes) is 2. The molecular weight excluding hydrogens is 526 g/mol. The van der Waals surface area contributed by atoms with Gasteiger partial charge in [0.25, 0.3) is 0 Å². The number of carbonyl (C=O) groups excluding carboxylic acids is 4. The molecule has 10 heteroatoms. The zero-order chi connectivity index (χ0) is 30.2. The van der Waals surface area contributed by atoms with Crippen molar-refractivity contribution in [3.05, 3.63) is 25.3 Å². The van der Waals surface area contributed by atoms with Gasteiger partial charge in [0.1, 0.15) is 17.7 Å². The van der Waals surface area contributed by atoms with Crippen LogP contribution in [0.2, 0.25) is 0 Å². The highest BCUT2D eigenvalue weighted by Gasteiger charge is 2.75. The summed E-state index contributed by atoms with van der Waals surface area (Å²) in [5, 5.41) is 12.0. The van der Waals surface area contributed by atoms with E-state index < -0.39 is 41.7 Å². The SMILES string of the molecule is C=CCCC(=O)NC[C@@H](C)OC(=O)[C@@H]1[C@H]2C(=O)N(CCCCCO)[C@H](C(=O)N(CC=C)C(C)CCC)[C@]23CC[C@H]1O3. The Morgan fingerprint density at radius 1 is 1.24 bits per heavy atom. The second-order valence-corrected chi connectivity index (χ2v) is 11.7. The van der Waals surface area contributed by atoms with Crippen LogP contribution in [-0.4, -0.2) is 94.7 Å². The number of likely N-dealkylation sites (tertiary alicyclic amines) is 1. The van der Waals surface area contributed by atoms with Crippen molar-refractivity contribution in [3.63, 3.8) is 0 Å². The number of allylic oxidation sites excluding steroid dienone is 1. The number of rotatable bonds is 18. The summed E-state index contributed by atoms with van der Waals surface area (Å²) in [6.07, 6.45) is 7.90. The maximum atomic E-state index is 14.3. The lowest BCUT2D eigenvalue weighted by Gasteiger charge is -2.39. The number of carbonyl (C=O) groups is 4. The number of hydrogen-bond acceptors (Lipinski definition) is 7. The largest absolute Gasteiger partial charge is 0.460 e. The van der Waals surface area contributed by atoms with Gasteiger partial charge in [-0.3, -0.25) is 19.2 Å². The van der Waals surface area contributed by atoms with E-state index in [1.54, 1.807) is 28.9 Å². The van der Waals surface area contributed by atoms with Gasteiger partial charge in [0.05, 0.1) is 24.5 Å². The molecule has 3 saturated heterocycles. The fraction of sp³-hybridized carbons (Fsp3) is 0.742. The van der Waals surface area contributed by atoms with E-state index >= 15 is 0 Å². The average molecular weight is 576 g/mol. The number of aliphatic hydroxyl groups excluding tert-OH is 1. The second-order valence-electron chi connectivity index (χ2n) is 11.7. The number of aliphatic hydroxyl groups is 1. The molecule has 2 N–H and O–H groups in total. The normalized spacial score (nSPS) is 27.7. The number of nitrogens with zero attached hydrogens (tertiary/aromatic N) is 2. The Morgan fingerprint density at radius 3 is 2.66 bits per heavy atom. The van der Waals surface area contributed by atoms with Crippen molar-refractivity contribution >= 4 is 23.7 Å². The molecule has 3 aliphatic heterocycles. The summed E-state index contributed by atoms with van der Waals surface area (Å²) < 4.78 is 12.3. The maximum absolute atomic E-state index is 14.3. The van der Waals surface area contributed by atoms with Gasteiger partial charge in [0.2, 0.25) is 17.7 Å². The van der Waals surface area contributed by atoms with Gasteiger partial charge in [0, 0.05) is 32.2 Å². The molecule has 41 heavy (non-hydrogen) atoms. The number of ether oxygens (including phenoxy) is 2. The van der Waals surface area contributed by atoms with Crippen LogP contribution in [-0.2, 0) is 28.7 Å². The molecule has 1 spiro atoms. The lowest BCUT2D eigenvalue weighted by atomic mass is 9.70. The molecule has 3 heterocycles. The summed E-state index contributed by atoms with van der Waals surface area (Å²) in [6.45, 7) is 14.2. The van der Waals surface area contributed by atoms with Crippen LogP contribution < -0.4 is 5.32 Å². The van der Waals surface area contributed by atoms with Gasteiger partial charge >= 0.3 is 5.97 Å². The van der Waals surface area contributed by atoms with E-state index in [2.05, 4.69) is 25.4 Å². The summed E-state index contributed by atoms with van der Waals surface area (Å²) in [5.74, 6) is -2.72. The van der Waals surface area contributed by atoms with Gasteiger partial charge < -0.3 is 29.7 Å². The maximum Gasteiger partial charge on any atom is 0.312 e. The van der Waals surface area contributed by atoms with Crippen LogP contribution in [0.3, 0.4) is 0 Å². The molecule has 3 rings (SSSR count). The molecule has 0 aliphatic carbocycles. The molecule has 230 valence electrons. The molecule has 0 saturated carbocycles. The highest BCUT2D eigenvalue weighted by Crippen LogP contribution is 2.59. The van der Waals surface area contributed by atoms with Gasteiger partial charge in [-0.15, -0.1) is 13.2 Å². The van der Waals surface area contributed by atoms with E-state index in [4.69, 9.17) is 9.47 Å². The third kappa shape index (κ3) is 7.02. The zero-order valence-electron chi connectivity index (χ0n) is 25.0. The van der Waals surface area contributed by atoms with Crippen LogP contribution in [0.5, 0.6) is 0 Å². The number of hydrogen-bond donors (Lipinski definition) is 2. The monoisotopic (exact) mass is 575 g/mol. The van der Waals surface area contributed by atoms with Crippen molar-refractivity contribution in [2.75, 3.05) is 26.2 Å². The summed E-state index contributed by atoms with van der Waals surface area (Å²) >= 11 is 0. The third-order valence-corrected chi connectivity index (χ3v) is 8.69. The predicted molar refractivity (Wildman–Crippen MR) is 155 cm³/mol. The van der Waals surface area contributed by atoms with Crippen molar-refractivity contribution < 1.29 is 33.8 Å². The Kier molecular flexibility index (Phi) is 12.0. The number of amides is 3. The molecular formula is C31H49N3O7. The first-order valence-electron chi connectivity index (χ1n) is 15.2. The minimum atomic E-state index is -1.09. The van der Waals surface area contributed by atoms with Crippen molar-refractivity contribution in [2.24, 2.45) is 11.8 Å². The van der Waals surface area contributed by atoms with Crippen LogP contribution in [0.4, 0.5) is 0 Å². The first kappa shape index (κ1) is 32.8. The molecule has 2 bridgehead atoms. The molecule has 7 atom stereocenters. The fourth-order valence-corrected chi connectivity index (χ4v) is 6.77. The van der Waals surface area contributed by atoms with Gasteiger partial charge in [0.15, 0.2) is 0 Å². The molecule has 0 radical (unpaired) electrons. The number of esters is 1. The molecule has 3 amide bonds. The van der Waals surface area contributed by atoms with E-state index in [1.807, 2.05) is 6.92 Å². The average Bonchev–Trinajstić information content (AvgIpc) is 3.58. The van der Waals surface area contributed by atoms with Crippen LogP contribution in [0.15, 0.2) is 25.3 Å². The Hall–Kier alpha value is -2.72. The lowest BCUT2D eigenvalue weighted by molar-refractivity contribution is -0.159. The first-order valence-corrected chi connectivity index (χ1v) is 15.2. The van der Waals surface area contributed by atoms with Crippen molar-refractivity contribution in [2.45, 2.75) is 108 Å². The topological polar surface area (TPSA) is 125 Å². The first-order chi connectivity index (χ1) is 19.7. The van der Waals surface area contributed by atoms with E-state index in [1.165, 1.54) is 0 Å². The van der Waals surface area contributed by atoms with Crippen LogP contribution >= 0.6 is 0 Å². The lowest BCUT2D eigenvalue weighted by Crippen LogP contribution is -2.57. The summed E-state index contributed by atoms with van der Waals surface area (Å²) in [7, 11) is 0. The number of fused-ring (bicyclic) bond motifs is 1. The summed E-state index contributed by atoms with van der Waals surface area (Å²) in [5.41, 5.74) is -1.09. The Morgan fingerprint density at radius 2 is 2.00 bits per heavy atom. The summed E-state index contributed by atoms with van der Waals surface area (Å²) in [6, 6.07) is -0.882. The molecule has 0 aromatic heterocycles. The predicted octanol–water partition coefficient (Wildman–Crippen LogP) is 2.74. The van der Waals surface area contributed by atoms with Gasteiger partial charge in [-0.25, -0.2) is 0 Å². The van der Waals surface area contributed by atoms with E-state index in [0.29, 0.717) is 58.0 Å². The van der Waals surface area contributed by atoms with Crippen molar-refractivity contribution in [1.29, 1.82) is 0 Å². The van der Waals surface area contributed by atoms with Gasteiger partial charge in [-0.1, -0.05) is 25.5 Å². The van der Waals surface area contributed by atoms with Gasteiger partial charge in [-0.2, -0.15) is 0 Å². The molecule has 0 aromatic rings. The Balaban J connectivity index is 1.84. The van der Waals surface area contributed by atoms with Crippen molar-refractivity contribution in [3.8, 4) is 0 Å². The summed E-state index contributed by atoms with van der Waals surface area (Å²) in [4.78, 5) is 57.3. The Labute approximate surface area is 244 Å². The van der Waals surface area contributed by atoms with Crippen LogP contribution in [0.1, 0.15) is 78.6 Å². The fourth-order valence-electron chi connectivity index (χ4n) is 6.77. The van der Waals surface area contributed by atoms with Crippen molar-refractivity contribution in [1.82, 2.24) is 15.1 Å². The smallest absolute Gasteiger partial charge is 0.312 e. The zero-order valence-corrected chi connectivity index (χ0v) is 25.0. The van der Waals surface area contributed by atoms with E-state index in [-0.39, 0.29) is 36.9 Å². The third-order valence-electron chi connectivity index (χ3n) is 8.69. The minimum absolute atomic E-state index is 0.0470. The highest BCUT2D eigenvalue weighted by molar-refractivity contribution is 5.98. The van der Waals surface area contributed by atoms with E-state index in [9.17, 15) is 24.3 Å². The Bertz CT molecular complexity index is 971. The molecule has 3 aliphatic rings. The van der Waals surface area contributed by atoms with Crippen LogP contribution in [0, 0.1) is 11.8 Å². The van der Waals surface area contributed by atoms with E-state index in [0.717, 1.165) is 12.8 Å². The van der Waals surface area contributed by atoms with Crippen LogP contribution in [0.25, 0.3) is 0 Å². The molecule has 3 fully saturated rings.